The molecule has 142 valence electrons. The highest BCUT2D eigenvalue weighted by Gasteiger charge is 2.19. The summed E-state index contributed by atoms with van der Waals surface area (Å²) in [5, 5.41) is 11.0. The van der Waals surface area contributed by atoms with E-state index in [9.17, 15) is 14.9 Å². The second-order valence-electron chi connectivity index (χ2n) is 5.99. The molecule has 0 aliphatic heterocycles. The van der Waals surface area contributed by atoms with Gasteiger partial charge in [0.2, 0.25) is 0 Å². The summed E-state index contributed by atoms with van der Waals surface area (Å²) in [6.07, 6.45) is 4.95. The Morgan fingerprint density at radius 2 is 2.00 bits per heavy atom. The Labute approximate surface area is 162 Å². The molecule has 1 heterocycles. The van der Waals surface area contributed by atoms with Crippen LogP contribution in [0.15, 0.2) is 67.0 Å². The number of nitro benzene ring substituents is 1. The minimum absolute atomic E-state index is 0.0513. The van der Waals surface area contributed by atoms with Crippen molar-refractivity contribution >= 4 is 23.3 Å². The Morgan fingerprint density at radius 3 is 2.71 bits per heavy atom. The molecule has 7 heteroatoms. The van der Waals surface area contributed by atoms with Crippen LogP contribution in [0.4, 0.5) is 5.69 Å². The molecule has 0 unspecified atom stereocenters. The second-order valence-corrected chi connectivity index (χ2v) is 5.99. The normalized spacial score (nSPS) is 11.2. The predicted molar refractivity (Wildman–Crippen MR) is 105 cm³/mol. The van der Waals surface area contributed by atoms with E-state index in [0.717, 1.165) is 5.56 Å². The summed E-state index contributed by atoms with van der Waals surface area (Å²) in [6.45, 7) is 2.46. The highest BCUT2D eigenvalue weighted by atomic mass is 16.6. The molecule has 0 fully saturated rings. The van der Waals surface area contributed by atoms with Gasteiger partial charge in [0, 0.05) is 31.1 Å². The van der Waals surface area contributed by atoms with E-state index in [1.54, 1.807) is 37.5 Å². The second kappa shape index (κ2) is 8.77. The zero-order valence-corrected chi connectivity index (χ0v) is 15.3. The number of nitro groups is 1. The van der Waals surface area contributed by atoms with Crippen molar-refractivity contribution in [3.05, 3.63) is 94.1 Å². The number of nitrogens with zero attached hydrogens (tertiary/aromatic N) is 3. The molecule has 2 aromatic carbocycles. The van der Waals surface area contributed by atoms with Gasteiger partial charge in [-0.3, -0.25) is 10.1 Å². The zero-order valence-electron chi connectivity index (χ0n) is 15.3. The summed E-state index contributed by atoms with van der Waals surface area (Å²) in [4.78, 5) is 27.5. The topological polar surface area (TPSA) is 87.3 Å². The van der Waals surface area contributed by atoms with Crippen LogP contribution in [0.25, 0.3) is 11.6 Å². The highest BCUT2D eigenvalue weighted by Crippen LogP contribution is 2.22. The van der Waals surface area contributed by atoms with Gasteiger partial charge in [0.1, 0.15) is 11.4 Å². The van der Waals surface area contributed by atoms with Crippen LogP contribution in [0.1, 0.15) is 23.9 Å². The van der Waals surface area contributed by atoms with Crippen LogP contribution in [-0.4, -0.2) is 27.1 Å². The fourth-order valence-corrected chi connectivity index (χ4v) is 2.78. The third-order valence-electron chi connectivity index (χ3n) is 4.04. The maximum absolute atomic E-state index is 12.6. The first kappa shape index (κ1) is 19.0. The number of rotatable bonds is 7. The fraction of sp³-hybridized carbons (Fsp3) is 0.143. The van der Waals surface area contributed by atoms with Crippen LogP contribution >= 0.6 is 0 Å². The van der Waals surface area contributed by atoms with E-state index in [2.05, 4.69) is 4.98 Å². The van der Waals surface area contributed by atoms with Gasteiger partial charge in [-0.05, 0) is 24.1 Å². The van der Waals surface area contributed by atoms with Gasteiger partial charge in [-0.1, -0.05) is 42.5 Å². The standard InChI is InChI=1S/C21H19N3O4/c1-2-28-21(25)19(14-17-9-6-10-18(13-17)24(26)27)20-22-11-12-23(20)15-16-7-4-3-5-8-16/h3-14H,2,15H2,1H3/b19-14-. The highest BCUT2D eigenvalue weighted by molar-refractivity contribution is 6.20. The first-order valence-corrected chi connectivity index (χ1v) is 8.77. The first-order valence-electron chi connectivity index (χ1n) is 8.77. The number of ether oxygens (including phenoxy) is 1. The molecule has 0 amide bonds. The third-order valence-corrected chi connectivity index (χ3v) is 4.04. The van der Waals surface area contributed by atoms with Crippen molar-refractivity contribution in [3.63, 3.8) is 0 Å². The number of carbonyl (C=O) groups excluding carboxylic acids is 1. The van der Waals surface area contributed by atoms with E-state index in [1.165, 1.54) is 12.1 Å². The third kappa shape index (κ3) is 4.50. The van der Waals surface area contributed by atoms with Gasteiger partial charge in [0.15, 0.2) is 0 Å². The van der Waals surface area contributed by atoms with Crippen molar-refractivity contribution in [2.45, 2.75) is 13.5 Å². The Morgan fingerprint density at radius 1 is 1.21 bits per heavy atom. The minimum atomic E-state index is -0.533. The van der Waals surface area contributed by atoms with Crippen molar-refractivity contribution in [2.24, 2.45) is 0 Å². The molecular weight excluding hydrogens is 358 g/mol. The van der Waals surface area contributed by atoms with Gasteiger partial charge in [0.25, 0.3) is 5.69 Å². The van der Waals surface area contributed by atoms with E-state index in [1.807, 2.05) is 34.9 Å². The molecule has 7 nitrogen and oxygen atoms in total. The van der Waals surface area contributed by atoms with Crippen LogP contribution in [0, 0.1) is 10.1 Å². The van der Waals surface area contributed by atoms with Crippen LogP contribution in [0.3, 0.4) is 0 Å². The van der Waals surface area contributed by atoms with Crippen molar-refractivity contribution < 1.29 is 14.5 Å². The molecule has 0 aliphatic rings. The maximum Gasteiger partial charge on any atom is 0.341 e. The van der Waals surface area contributed by atoms with E-state index in [4.69, 9.17) is 4.74 Å². The lowest BCUT2D eigenvalue weighted by molar-refractivity contribution is -0.384. The summed E-state index contributed by atoms with van der Waals surface area (Å²) >= 11 is 0. The Kier molecular flexibility index (Phi) is 5.96. The molecular formula is C21H19N3O4. The van der Waals surface area contributed by atoms with Crippen LogP contribution in [0.5, 0.6) is 0 Å². The Hall–Kier alpha value is -3.74. The summed E-state index contributed by atoms with van der Waals surface area (Å²) in [5.41, 5.74) is 1.76. The number of esters is 1. The molecule has 0 bridgehead atoms. The molecule has 0 atom stereocenters. The average Bonchev–Trinajstić information content (AvgIpc) is 3.15. The summed E-state index contributed by atoms with van der Waals surface area (Å²) < 4.78 is 7.03. The lowest BCUT2D eigenvalue weighted by atomic mass is 10.1. The van der Waals surface area contributed by atoms with Gasteiger partial charge in [-0.2, -0.15) is 0 Å². The molecule has 0 N–H and O–H groups in total. The Balaban J connectivity index is 2.02. The van der Waals surface area contributed by atoms with Crippen LogP contribution in [0.2, 0.25) is 0 Å². The lowest BCUT2D eigenvalue weighted by Crippen LogP contribution is -2.12. The molecule has 3 aromatic rings. The monoisotopic (exact) mass is 377 g/mol. The number of imidazole rings is 1. The first-order chi connectivity index (χ1) is 13.6. The smallest absolute Gasteiger partial charge is 0.341 e. The predicted octanol–water partition coefficient (Wildman–Crippen LogP) is 3.94. The van der Waals surface area contributed by atoms with Crippen molar-refractivity contribution in [1.29, 1.82) is 0 Å². The van der Waals surface area contributed by atoms with Crippen molar-refractivity contribution in [1.82, 2.24) is 9.55 Å². The number of benzene rings is 2. The molecule has 1 aromatic heterocycles. The summed E-state index contributed by atoms with van der Waals surface area (Å²) in [7, 11) is 0. The van der Waals surface area contributed by atoms with Gasteiger partial charge in [-0.25, -0.2) is 9.78 Å². The largest absolute Gasteiger partial charge is 0.462 e. The molecule has 0 aliphatic carbocycles. The van der Waals surface area contributed by atoms with E-state index in [0.29, 0.717) is 17.9 Å². The van der Waals surface area contributed by atoms with E-state index >= 15 is 0 Å². The molecule has 3 rings (SSSR count). The van der Waals surface area contributed by atoms with Crippen LogP contribution in [-0.2, 0) is 16.1 Å². The zero-order chi connectivity index (χ0) is 19.9. The quantitative estimate of drug-likeness (QED) is 0.269. The summed E-state index contributed by atoms with van der Waals surface area (Å²) in [5.74, 6) is -0.0941. The molecule has 0 radical (unpaired) electrons. The molecule has 28 heavy (non-hydrogen) atoms. The Bertz CT molecular complexity index is 1010. The van der Waals surface area contributed by atoms with Crippen molar-refractivity contribution in [2.75, 3.05) is 6.61 Å². The van der Waals surface area contributed by atoms with Gasteiger partial charge in [0.05, 0.1) is 11.5 Å². The minimum Gasteiger partial charge on any atom is -0.462 e. The number of carbonyl (C=O) groups is 1. The average molecular weight is 377 g/mol. The van der Waals surface area contributed by atoms with Gasteiger partial charge in [-0.15, -0.1) is 0 Å². The lowest BCUT2D eigenvalue weighted by Gasteiger charge is -2.11. The molecule has 0 saturated heterocycles. The maximum atomic E-state index is 12.6. The van der Waals surface area contributed by atoms with E-state index in [-0.39, 0.29) is 17.9 Å². The molecule has 0 spiro atoms. The van der Waals surface area contributed by atoms with Crippen LogP contribution < -0.4 is 0 Å². The number of hydrogen-bond acceptors (Lipinski definition) is 5. The SMILES string of the molecule is CCOC(=O)/C(=C\c1cccc([N+](=O)[O-])c1)c1nccn1Cc1ccccc1. The van der Waals surface area contributed by atoms with Gasteiger partial charge >= 0.3 is 5.97 Å². The molecule has 0 saturated carbocycles. The van der Waals surface area contributed by atoms with Gasteiger partial charge < -0.3 is 9.30 Å². The number of aromatic nitrogens is 2. The van der Waals surface area contributed by atoms with E-state index < -0.39 is 10.9 Å². The fourth-order valence-electron chi connectivity index (χ4n) is 2.78. The number of non-ortho nitro benzene ring substituents is 1. The summed E-state index contributed by atoms with van der Waals surface area (Å²) in [6, 6.07) is 15.9. The number of hydrogen-bond donors (Lipinski definition) is 0. The van der Waals surface area contributed by atoms with Crippen molar-refractivity contribution in [3.8, 4) is 0 Å².